The van der Waals surface area contributed by atoms with Gasteiger partial charge in [0.05, 0.1) is 5.02 Å². The maximum Gasteiger partial charge on any atom is 0.0548 e. The molecule has 0 bridgehead atoms. The number of halogens is 3. The maximum absolute atomic E-state index is 6.27. The molecule has 1 aromatic carbocycles. The standard InChI is InChI=1S/C12H15BrClNO.ClH/c13-10-7-9(1-2-11(10)14)12(15)8-3-5-16-6-4-8;/h1-2,7-8,12H,3-6,15H2;1H/t12-;/m0./s1. The molecule has 1 aliphatic heterocycles. The second-order valence-corrected chi connectivity index (χ2v) is 5.41. The molecule has 1 saturated heterocycles. The molecule has 0 amide bonds. The lowest BCUT2D eigenvalue weighted by atomic mass is 9.88. The van der Waals surface area contributed by atoms with Crippen LogP contribution in [0.3, 0.4) is 0 Å². The first-order valence-electron chi connectivity index (χ1n) is 5.47. The molecule has 96 valence electrons. The molecule has 0 saturated carbocycles. The van der Waals surface area contributed by atoms with Gasteiger partial charge in [0.25, 0.3) is 0 Å². The molecule has 0 unspecified atom stereocenters. The van der Waals surface area contributed by atoms with E-state index in [-0.39, 0.29) is 18.4 Å². The number of hydrogen-bond donors (Lipinski definition) is 1. The molecule has 0 radical (unpaired) electrons. The van der Waals surface area contributed by atoms with Crippen molar-refractivity contribution in [3.63, 3.8) is 0 Å². The highest BCUT2D eigenvalue weighted by Gasteiger charge is 2.22. The van der Waals surface area contributed by atoms with Crippen molar-refractivity contribution in [3.05, 3.63) is 33.3 Å². The van der Waals surface area contributed by atoms with Crippen LogP contribution in [-0.2, 0) is 4.74 Å². The molecule has 1 heterocycles. The van der Waals surface area contributed by atoms with Gasteiger partial charge in [-0.25, -0.2) is 0 Å². The molecular weight excluding hydrogens is 325 g/mol. The van der Waals surface area contributed by atoms with Crippen LogP contribution in [0, 0.1) is 5.92 Å². The Labute approximate surface area is 121 Å². The van der Waals surface area contributed by atoms with E-state index in [1.54, 1.807) is 0 Å². The van der Waals surface area contributed by atoms with Gasteiger partial charge in [0, 0.05) is 23.7 Å². The van der Waals surface area contributed by atoms with Crippen molar-refractivity contribution in [1.82, 2.24) is 0 Å². The summed E-state index contributed by atoms with van der Waals surface area (Å²) in [6.07, 6.45) is 2.09. The van der Waals surface area contributed by atoms with E-state index in [0.717, 1.165) is 41.1 Å². The van der Waals surface area contributed by atoms with Crippen LogP contribution < -0.4 is 5.73 Å². The molecule has 1 aromatic rings. The first kappa shape index (κ1) is 15.3. The van der Waals surface area contributed by atoms with Crippen LogP contribution in [0.25, 0.3) is 0 Å². The lowest BCUT2D eigenvalue weighted by molar-refractivity contribution is 0.0584. The second kappa shape index (κ2) is 6.95. The van der Waals surface area contributed by atoms with Crippen molar-refractivity contribution in [2.45, 2.75) is 18.9 Å². The van der Waals surface area contributed by atoms with Crippen molar-refractivity contribution < 1.29 is 4.74 Å². The zero-order valence-corrected chi connectivity index (χ0v) is 12.5. The van der Waals surface area contributed by atoms with Crippen LogP contribution in [0.4, 0.5) is 0 Å². The predicted molar refractivity (Wildman–Crippen MR) is 76.9 cm³/mol. The van der Waals surface area contributed by atoms with E-state index in [4.69, 9.17) is 22.1 Å². The Bertz CT molecular complexity index is 370. The van der Waals surface area contributed by atoms with Crippen molar-refractivity contribution >= 4 is 39.9 Å². The summed E-state index contributed by atoms with van der Waals surface area (Å²) in [5.74, 6) is 0.516. The van der Waals surface area contributed by atoms with Gasteiger partial charge in [0.1, 0.15) is 0 Å². The van der Waals surface area contributed by atoms with E-state index in [0.29, 0.717) is 5.92 Å². The van der Waals surface area contributed by atoms with Gasteiger partial charge in [0.15, 0.2) is 0 Å². The minimum absolute atomic E-state index is 0. The van der Waals surface area contributed by atoms with Crippen LogP contribution in [0.15, 0.2) is 22.7 Å². The molecular formula is C12H16BrCl2NO. The number of benzene rings is 1. The average Bonchev–Trinajstić information content (AvgIpc) is 2.33. The van der Waals surface area contributed by atoms with Gasteiger partial charge in [-0.2, -0.15) is 0 Å². The smallest absolute Gasteiger partial charge is 0.0548 e. The van der Waals surface area contributed by atoms with Gasteiger partial charge in [-0.1, -0.05) is 17.7 Å². The summed E-state index contributed by atoms with van der Waals surface area (Å²) in [5.41, 5.74) is 7.41. The molecule has 1 atom stereocenters. The second-order valence-electron chi connectivity index (χ2n) is 4.15. The minimum Gasteiger partial charge on any atom is -0.381 e. The minimum atomic E-state index is 0. The molecule has 0 aromatic heterocycles. The molecule has 2 N–H and O–H groups in total. The summed E-state index contributed by atoms with van der Waals surface area (Å²) in [6, 6.07) is 5.99. The van der Waals surface area contributed by atoms with Gasteiger partial charge >= 0.3 is 0 Å². The maximum atomic E-state index is 6.27. The lowest BCUT2D eigenvalue weighted by Crippen LogP contribution is -2.27. The fourth-order valence-corrected chi connectivity index (χ4v) is 2.58. The van der Waals surface area contributed by atoms with Crippen LogP contribution in [-0.4, -0.2) is 13.2 Å². The van der Waals surface area contributed by atoms with E-state index in [9.17, 15) is 0 Å². The third-order valence-corrected chi connectivity index (χ3v) is 4.32. The number of ether oxygens (including phenoxy) is 1. The van der Waals surface area contributed by atoms with Gasteiger partial charge in [-0.3, -0.25) is 0 Å². The zero-order valence-electron chi connectivity index (χ0n) is 9.36. The summed E-state index contributed by atoms with van der Waals surface area (Å²) in [6.45, 7) is 1.65. The summed E-state index contributed by atoms with van der Waals surface area (Å²) in [4.78, 5) is 0. The Hall–Kier alpha value is 0.200. The Kier molecular flexibility index (Phi) is 6.24. The monoisotopic (exact) mass is 339 g/mol. The third-order valence-electron chi connectivity index (χ3n) is 3.10. The molecule has 2 nitrogen and oxygen atoms in total. The lowest BCUT2D eigenvalue weighted by Gasteiger charge is -2.28. The van der Waals surface area contributed by atoms with E-state index >= 15 is 0 Å². The highest BCUT2D eigenvalue weighted by molar-refractivity contribution is 9.10. The Morgan fingerprint density at radius 2 is 2.00 bits per heavy atom. The Morgan fingerprint density at radius 1 is 1.35 bits per heavy atom. The molecule has 2 rings (SSSR count). The number of hydrogen-bond acceptors (Lipinski definition) is 2. The Morgan fingerprint density at radius 3 is 2.59 bits per heavy atom. The van der Waals surface area contributed by atoms with Crippen molar-refractivity contribution in [2.24, 2.45) is 11.7 Å². The molecule has 0 aliphatic carbocycles. The number of rotatable bonds is 2. The number of nitrogens with two attached hydrogens (primary N) is 1. The van der Waals surface area contributed by atoms with Gasteiger partial charge in [0.2, 0.25) is 0 Å². The first-order chi connectivity index (χ1) is 7.68. The third kappa shape index (κ3) is 3.83. The van der Waals surface area contributed by atoms with Crippen molar-refractivity contribution in [2.75, 3.05) is 13.2 Å². The van der Waals surface area contributed by atoms with Crippen LogP contribution in [0.5, 0.6) is 0 Å². The summed E-state index contributed by atoms with van der Waals surface area (Å²) in [5, 5.41) is 0.725. The van der Waals surface area contributed by atoms with Gasteiger partial charge < -0.3 is 10.5 Å². The molecule has 1 fully saturated rings. The van der Waals surface area contributed by atoms with Gasteiger partial charge in [-0.05, 0) is 52.4 Å². The summed E-state index contributed by atoms with van der Waals surface area (Å²) < 4.78 is 6.25. The highest BCUT2D eigenvalue weighted by Crippen LogP contribution is 2.31. The van der Waals surface area contributed by atoms with E-state index < -0.39 is 0 Å². The largest absolute Gasteiger partial charge is 0.381 e. The van der Waals surface area contributed by atoms with Gasteiger partial charge in [-0.15, -0.1) is 12.4 Å². The predicted octanol–water partition coefficient (Wildman–Crippen LogP) is 3.95. The first-order valence-corrected chi connectivity index (χ1v) is 6.64. The van der Waals surface area contributed by atoms with Crippen LogP contribution in [0.2, 0.25) is 5.02 Å². The molecule has 5 heteroatoms. The normalized spacial score (nSPS) is 18.5. The average molecular weight is 341 g/mol. The fourth-order valence-electron chi connectivity index (χ4n) is 2.07. The molecule has 1 aliphatic rings. The summed E-state index contributed by atoms with van der Waals surface area (Å²) >= 11 is 9.39. The highest BCUT2D eigenvalue weighted by atomic mass is 79.9. The van der Waals surface area contributed by atoms with Crippen molar-refractivity contribution in [3.8, 4) is 0 Å². The quantitative estimate of drug-likeness (QED) is 0.884. The topological polar surface area (TPSA) is 35.2 Å². The van der Waals surface area contributed by atoms with E-state index in [1.165, 1.54) is 0 Å². The summed E-state index contributed by atoms with van der Waals surface area (Å²) in [7, 11) is 0. The fraction of sp³-hybridized carbons (Fsp3) is 0.500. The molecule has 0 spiro atoms. The van der Waals surface area contributed by atoms with E-state index in [1.807, 2.05) is 18.2 Å². The van der Waals surface area contributed by atoms with Crippen molar-refractivity contribution in [1.29, 1.82) is 0 Å². The molecule has 17 heavy (non-hydrogen) atoms. The van der Waals surface area contributed by atoms with Crippen LogP contribution >= 0.6 is 39.9 Å². The van der Waals surface area contributed by atoms with E-state index in [2.05, 4.69) is 15.9 Å². The SMILES string of the molecule is Cl.N[C@H](c1ccc(Cl)c(Br)c1)C1CCOCC1. The van der Waals surface area contributed by atoms with Crippen LogP contribution in [0.1, 0.15) is 24.4 Å². The Balaban J connectivity index is 0.00000144. The zero-order chi connectivity index (χ0) is 11.5.